The standard InChI is InChI=1S/C27H28N4O2/c1-16-9-10-21(13-18(16)3)23(32)11-12-26(33)28-25-15-20(5)30-31(25)24-14-19(4)22-8-6-7-17(2)27(22)29-24/h6-10,13-15H,11-12H2,1-5H3,(H,28,33). The monoisotopic (exact) mass is 440 g/mol. The summed E-state index contributed by atoms with van der Waals surface area (Å²) in [6.45, 7) is 9.93. The summed E-state index contributed by atoms with van der Waals surface area (Å²) in [4.78, 5) is 30.0. The van der Waals surface area contributed by atoms with E-state index >= 15 is 0 Å². The number of carbonyl (C=O) groups is 2. The number of aromatic nitrogens is 3. The molecule has 2 heterocycles. The first kappa shape index (κ1) is 22.4. The van der Waals surface area contributed by atoms with E-state index in [0.29, 0.717) is 17.2 Å². The number of fused-ring (bicyclic) bond motifs is 1. The lowest BCUT2D eigenvalue weighted by molar-refractivity contribution is -0.116. The number of anilines is 1. The van der Waals surface area contributed by atoms with Crippen LogP contribution in [0.1, 0.15) is 51.1 Å². The number of hydrogen-bond acceptors (Lipinski definition) is 4. The minimum Gasteiger partial charge on any atom is -0.311 e. The fraction of sp³-hybridized carbons (Fsp3) is 0.259. The fourth-order valence-corrected chi connectivity index (χ4v) is 3.91. The highest BCUT2D eigenvalue weighted by molar-refractivity contribution is 6.00. The summed E-state index contributed by atoms with van der Waals surface area (Å²) < 4.78 is 1.65. The molecule has 6 heteroatoms. The van der Waals surface area contributed by atoms with Gasteiger partial charge in [0.1, 0.15) is 5.82 Å². The normalized spacial score (nSPS) is 11.1. The Kier molecular flexibility index (Phi) is 6.09. The number of nitrogens with zero attached hydrogens (tertiary/aromatic N) is 3. The number of nitrogens with one attached hydrogen (secondary N) is 1. The fourth-order valence-electron chi connectivity index (χ4n) is 3.91. The Morgan fingerprint density at radius 1 is 0.848 bits per heavy atom. The van der Waals surface area contributed by atoms with Gasteiger partial charge in [0.15, 0.2) is 11.6 Å². The summed E-state index contributed by atoms with van der Waals surface area (Å²) in [5.74, 6) is 0.905. The van der Waals surface area contributed by atoms with Crippen molar-refractivity contribution in [3.8, 4) is 5.82 Å². The highest BCUT2D eigenvalue weighted by Crippen LogP contribution is 2.24. The molecule has 4 rings (SSSR count). The average molecular weight is 441 g/mol. The van der Waals surface area contributed by atoms with Gasteiger partial charge in [0, 0.05) is 29.9 Å². The second kappa shape index (κ2) is 8.98. The predicted octanol–water partition coefficient (Wildman–Crippen LogP) is 5.56. The van der Waals surface area contributed by atoms with Gasteiger partial charge >= 0.3 is 0 Å². The predicted molar refractivity (Wildman–Crippen MR) is 131 cm³/mol. The van der Waals surface area contributed by atoms with Crippen molar-refractivity contribution in [2.75, 3.05) is 5.32 Å². The van der Waals surface area contributed by atoms with Crippen LogP contribution in [-0.2, 0) is 4.79 Å². The van der Waals surface area contributed by atoms with Crippen LogP contribution in [0, 0.1) is 34.6 Å². The molecular weight excluding hydrogens is 412 g/mol. The molecule has 0 bridgehead atoms. The van der Waals surface area contributed by atoms with Crippen LogP contribution in [0.5, 0.6) is 0 Å². The van der Waals surface area contributed by atoms with Gasteiger partial charge in [-0.2, -0.15) is 9.78 Å². The minimum atomic E-state index is -0.234. The van der Waals surface area contributed by atoms with Gasteiger partial charge in [0.25, 0.3) is 0 Å². The van der Waals surface area contributed by atoms with E-state index in [4.69, 9.17) is 4.98 Å². The van der Waals surface area contributed by atoms with E-state index in [0.717, 1.165) is 38.9 Å². The number of pyridine rings is 1. The van der Waals surface area contributed by atoms with Gasteiger partial charge in [-0.05, 0) is 69.0 Å². The molecule has 0 spiro atoms. The number of benzene rings is 2. The lowest BCUT2D eigenvalue weighted by Crippen LogP contribution is -2.16. The molecule has 0 radical (unpaired) electrons. The maximum Gasteiger partial charge on any atom is 0.225 e. The first-order valence-corrected chi connectivity index (χ1v) is 11.1. The van der Waals surface area contributed by atoms with Crippen molar-refractivity contribution < 1.29 is 9.59 Å². The summed E-state index contributed by atoms with van der Waals surface area (Å²) in [7, 11) is 0. The Morgan fingerprint density at radius 3 is 2.39 bits per heavy atom. The number of carbonyl (C=O) groups excluding carboxylic acids is 2. The highest BCUT2D eigenvalue weighted by Gasteiger charge is 2.16. The summed E-state index contributed by atoms with van der Waals surface area (Å²) in [5.41, 5.74) is 6.69. The molecule has 0 aliphatic heterocycles. The zero-order chi connectivity index (χ0) is 23.7. The second-order valence-corrected chi connectivity index (χ2v) is 8.62. The molecule has 0 saturated carbocycles. The second-order valence-electron chi connectivity index (χ2n) is 8.62. The van der Waals surface area contributed by atoms with E-state index in [1.165, 1.54) is 0 Å². The first-order valence-electron chi connectivity index (χ1n) is 11.1. The van der Waals surface area contributed by atoms with Crippen LogP contribution in [-0.4, -0.2) is 26.5 Å². The summed E-state index contributed by atoms with van der Waals surface area (Å²) in [6, 6.07) is 15.5. The molecule has 0 unspecified atom stereocenters. The van der Waals surface area contributed by atoms with E-state index in [-0.39, 0.29) is 24.5 Å². The molecule has 33 heavy (non-hydrogen) atoms. The van der Waals surface area contributed by atoms with Crippen LogP contribution in [0.4, 0.5) is 5.82 Å². The highest BCUT2D eigenvalue weighted by atomic mass is 16.2. The van der Waals surface area contributed by atoms with Crippen LogP contribution in [0.25, 0.3) is 16.7 Å². The summed E-state index contributed by atoms with van der Waals surface area (Å²) >= 11 is 0. The molecule has 2 aromatic carbocycles. The number of rotatable bonds is 6. The van der Waals surface area contributed by atoms with Crippen molar-refractivity contribution in [1.29, 1.82) is 0 Å². The van der Waals surface area contributed by atoms with Gasteiger partial charge in [-0.15, -0.1) is 0 Å². The van der Waals surface area contributed by atoms with Gasteiger partial charge in [-0.25, -0.2) is 4.98 Å². The Balaban J connectivity index is 1.53. The third-order valence-electron chi connectivity index (χ3n) is 5.96. The Morgan fingerprint density at radius 2 is 1.64 bits per heavy atom. The van der Waals surface area contributed by atoms with Crippen molar-refractivity contribution >= 4 is 28.4 Å². The van der Waals surface area contributed by atoms with Gasteiger partial charge in [-0.3, -0.25) is 9.59 Å². The zero-order valence-corrected chi connectivity index (χ0v) is 19.7. The molecule has 0 saturated heterocycles. The molecule has 1 N–H and O–H groups in total. The smallest absolute Gasteiger partial charge is 0.225 e. The summed E-state index contributed by atoms with van der Waals surface area (Å²) in [5, 5.41) is 8.55. The van der Waals surface area contributed by atoms with E-state index in [9.17, 15) is 9.59 Å². The number of Topliss-reactive ketones (excluding diaryl/α,β-unsaturated/α-hetero) is 1. The molecule has 0 aliphatic carbocycles. The number of para-hydroxylation sites is 1. The molecule has 2 aromatic heterocycles. The van der Waals surface area contributed by atoms with Gasteiger partial charge in [0.05, 0.1) is 11.2 Å². The number of amides is 1. The van der Waals surface area contributed by atoms with Crippen molar-refractivity contribution in [2.24, 2.45) is 0 Å². The molecule has 0 aliphatic rings. The van der Waals surface area contributed by atoms with Gasteiger partial charge in [-0.1, -0.05) is 30.3 Å². The lowest BCUT2D eigenvalue weighted by Gasteiger charge is -2.12. The maximum atomic E-state index is 12.7. The zero-order valence-electron chi connectivity index (χ0n) is 19.7. The number of aryl methyl sites for hydroxylation is 5. The van der Waals surface area contributed by atoms with Crippen molar-refractivity contribution in [3.05, 3.63) is 82.0 Å². The van der Waals surface area contributed by atoms with E-state index in [1.807, 2.05) is 77.1 Å². The molecule has 6 nitrogen and oxygen atoms in total. The van der Waals surface area contributed by atoms with Gasteiger partial charge < -0.3 is 5.32 Å². The molecule has 0 atom stereocenters. The van der Waals surface area contributed by atoms with Crippen molar-refractivity contribution in [3.63, 3.8) is 0 Å². The Labute approximate surface area is 193 Å². The van der Waals surface area contributed by atoms with Crippen molar-refractivity contribution in [2.45, 2.75) is 47.5 Å². The first-order chi connectivity index (χ1) is 15.7. The molecular formula is C27H28N4O2. The summed E-state index contributed by atoms with van der Waals surface area (Å²) in [6.07, 6.45) is 0.243. The van der Waals surface area contributed by atoms with E-state index in [2.05, 4.69) is 16.5 Å². The Bertz CT molecular complexity index is 1380. The van der Waals surface area contributed by atoms with Crippen LogP contribution in [0.2, 0.25) is 0 Å². The Hall–Kier alpha value is -3.80. The quantitative estimate of drug-likeness (QED) is 0.398. The molecule has 168 valence electrons. The van der Waals surface area contributed by atoms with Crippen LogP contribution >= 0.6 is 0 Å². The lowest BCUT2D eigenvalue weighted by atomic mass is 10.0. The SMILES string of the molecule is Cc1cc(NC(=O)CCC(=O)c2ccc(C)c(C)c2)n(-c2cc(C)c3cccc(C)c3n2)n1. The maximum absolute atomic E-state index is 12.7. The van der Waals surface area contributed by atoms with E-state index < -0.39 is 0 Å². The largest absolute Gasteiger partial charge is 0.311 e. The topological polar surface area (TPSA) is 76.9 Å². The number of ketones is 1. The average Bonchev–Trinajstić information content (AvgIpc) is 3.14. The van der Waals surface area contributed by atoms with Crippen molar-refractivity contribution in [1.82, 2.24) is 14.8 Å². The number of hydrogen-bond donors (Lipinski definition) is 1. The van der Waals surface area contributed by atoms with Gasteiger partial charge in [0.2, 0.25) is 5.91 Å². The van der Waals surface area contributed by atoms with E-state index in [1.54, 1.807) is 4.68 Å². The van der Waals surface area contributed by atoms with Crippen LogP contribution in [0.3, 0.4) is 0 Å². The third kappa shape index (κ3) is 4.70. The van der Waals surface area contributed by atoms with Crippen LogP contribution < -0.4 is 5.32 Å². The molecule has 0 fully saturated rings. The molecule has 1 amide bonds. The third-order valence-corrected chi connectivity index (χ3v) is 5.96. The van der Waals surface area contributed by atoms with Crippen LogP contribution in [0.15, 0.2) is 48.5 Å². The minimum absolute atomic E-state index is 0.0414. The molecule has 4 aromatic rings.